The third-order valence-electron chi connectivity index (χ3n) is 4.82. The minimum Gasteiger partial charge on any atom is -0.292 e. The van der Waals surface area contributed by atoms with Crippen LogP contribution in [0.4, 0.5) is 0 Å². The quantitative estimate of drug-likeness (QED) is 0.532. The second-order valence-electron chi connectivity index (χ2n) is 6.74. The number of rotatable bonds is 6. The number of hydrogen-bond acceptors (Lipinski definition) is 4. The van der Waals surface area contributed by atoms with Gasteiger partial charge in [-0.1, -0.05) is 61.0 Å². The monoisotopic (exact) mass is 412 g/mol. The van der Waals surface area contributed by atoms with Crippen LogP contribution in [0, 0.1) is 0 Å². The maximum absolute atomic E-state index is 13.4. The lowest BCUT2D eigenvalue weighted by Gasteiger charge is -2.39. The third-order valence-corrected chi connectivity index (χ3v) is 5.15. The maximum Gasteiger partial charge on any atom is 0.275 e. The number of hydrogen-bond donors (Lipinski definition) is 0. The first-order valence-electron chi connectivity index (χ1n) is 9.48. The van der Waals surface area contributed by atoms with Crippen molar-refractivity contribution < 1.29 is 19.2 Å². The number of amides is 3. The van der Waals surface area contributed by atoms with E-state index in [1.165, 1.54) is 6.07 Å². The molecule has 0 aliphatic carbocycles. The number of carbonyl (C=O) groups excluding carboxylic acids is 4. The fraction of sp³-hybridized carbons (Fsp3) is 0.273. The third kappa shape index (κ3) is 4.22. The Morgan fingerprint density at radius 1 is 1.00 bits per heavy atom. The van der Waals surface area contributed by atoms with Gasteiger partial charge in [-0.25, -0.2) is 5.01 Å². The number of benzene rings is 2. The summed E-state index contributed by atoms with van der Waals surface area (Å²) in [6.07, 6.45) is 0.911. The van der Waals surface area contributed by atoms with E-state index in [-0.39, 0.29) is 35.6 Å². The second kappa shape index (κ2) is 9.01. The van der Waals surface area contributed by atoms with E-state index in [1.54, 1.807) is 55.5 Å². The number of imide groups is 1. The number of nitrogens with zero attached hydrogens (tertiary/aromatic N) is 2. The highest BCUT2D eigenvalue weighted by Gasteiger charge is 2.41. The van der Waals surface area contributed by atoms with Gasteiger partial charge >= 0.3 is 0 Å². The van der Waals surface area contributed by atoms with Crippen LogP contribution in [0.15, 0.2) is 54.6 Å². The van der Waals surface area contributed by atoms with Gasteiger partial charge in [-0.05, 0) is 25.0 Å². The van der Waals surface area contributed by atoms with Gasteiger partial charge in [0.2, 0.25) is 11.8 Å². The summed E-state index contributed by atoms with van der Waals surface area (Å²) < 4.78 is 0. The maximum atomic E-state index is 13.4. The van der Waals surface area contributed by atoms with Gasteiger partial charge < -0.3 is 0 Å². The summed E-state index contributed by atoms with van der Waals surface area (Å²) in [5.41, 5.74) is 0.521. The SMILES string of the molecule is CC[C@H](C(=O)c1ccccc1)N(C(=O)c1ccccc1Cl)N1C(=O)CCCC1=O. The van der Waals surface area contributed by atoms with Gasteiger partial charge in [0.05, 0.1) is 10.6 Å². The zero-order chi connectivity index (χ0) is 21.0. The van der Waals surface area contributed by atoms with Crippen LogP contribution in [0.5, 0.6) is 0 Å². The molecule has 3 amide bonds. The predicted molar refractivity (Wildman–Crippen MR) is 108 cm³/mol. The molecule has 2 aromatic rings. The Morgan fingerprint density at radius 3 is 2.17 bits per heavy atom. The lowest BCUT2D eigenvalue weighted by Crippen LogP contribution is -2.60. The van der Waals surface area contributed by atoms with Crippen LogP contribution in [0.1, 0.15) is 53.3 Å². The highest BCUT2D eigenvalue weighted by atomic mass is 35.5. The fourth-order valence-corrected chi connectivity index (χ4v) is 3.59. The van der Waals surface area contributed by atoms with Crippen molar-refractivity contribution in [1.82, 2.24) is 10.0 Å². The van der Waals surface area contributed by atoms with Gasteiger partial charge in [-0.15, -0.1) is 0 Å². The summed E-state index contributed by atoms with van der Waals surface area (Å²) in [4.78, 5) is 51.9. The van der Waals surface area contributed by atoms with Crippen LogP contribution >= 0.6 is 11.6 Å². The van der Waals surface area contributed by atoms with E-state index in [0.29, 0.717) is 12.0 Å². The molecule has 1 fully saturated rings. The number of piperidine rings is 1. The minimum atomic E-state index is -1.02. The summed E-state index contributed by atoms with van der Waals surface area (Å²) in [7, 11) is 0. The number of halogens is 1. The van der Waals surface area contributed by atoms with E-state index in [1.807, 2.05) is 0 Å². The molecule has 29 heavy (non-hydrogen) atoms. The molecular weight excluding hydrogens is 392 g/mol. The van der Waals surface area contributed by atoms with E-state index in [4.69, 9.17) is 11.6 Å². The average Bonchev–Trinajstić information content (AvgIpc) is 2.73. The second-order valence-corrected chi connectivity index (χ2v) is 7.14. The van der Waals surface area contributed by atoms with Crippen LogP contribution in [0.25, 0.3) is 0 Å². The molecule has 0 N–H and O–H groups in total. The Kier molecular flexibility index (Phi) is 6.44. The number of ketones is 1. The van der Waals surface area contributed by atoms with Crippen molar-refractivity contribution in [2.45, 2.75) is 38.6 Å². The fourth-order valence-electron chi connectivity index (χ4n) is 3.38. The smallest absolute Gasteiger partial charge is 0.275 e. The Balaban J connectivity index is 2.09. The van der Waals surface area contributed by atoms with Crippen molar-refractivity contribution in [2.75, 3.05) is 0 Å². The standard InChI is InChI=1S/C22H21ClN2O4/c1-2-18(21(28)15-9-4-3-5-10-15)24(25-19(26)13-8-14-20(25)27)22(29)16-11-6-7-12-17(16)23/h3-7,9-12,18H,2,8,13-14H2,1H3/t18-/m1/s1. The summed E-state index contributed by atoms with van der Waals surface area (Å²) in [6.45, 7) is 1.73. The zero-order valence-electron chi connectivity index (χ0n) is 16.0. The van der Waals surface area contributed by atoms with Crippen molar-refractivity contribution in [2.24, 2.45) is 0 Å². The number of hydrazine groups is 1. The highest BCUT2D eigenvalue weighted by molar-refractivity contribution is 6.34. The van der Waals surface area contributed by atoms with E-state index in [2.05, 4.69) is 0 Å². The van der Waals surface area contributed by atoms with Crippen molar-refractivity contribution in [3.63, 3.8) is 0 Å². The molecule has 0 aromatic heterocycles. The lowest BCUT2D eigenvalue weighted by atomic mass is 10.0. The van der Waals surface area contributed by atoms with E-state index in [0.717, 1.165) is 10.0 Å². The predicted octanol–water partition coefficient (Wildman–Crippen LogP) is 3.90. The summed E-state index contributed by atoms with van der Waals surface area (Å²) in [6, 6.07) is 13.8. The molecule has 1 saturated heterocycles. The van der Waals surface area contributed by atoms with Crippen molar-refractivity contribution in [1.29, 1.82) is 0 Å². The first-order valence-corrected chi connectivity index (χ1v) is 9.86. The Bertz CT molecular complexity index is 929. The first kappa shape index (κ1) is 20.7. The van der Waals surface area contributed by atoms with Gasteiger partial charge in [0.1, 0.15) is 6.04 Å². The molecule has 0 radical (unpaired) electrons. The molecule has 0 unspecified atom stereocenters. The largest absolute Gasteiger partial charge is 0.292 e. The lowest BCUT2D eigenvalue weighted by molar-refractivity contribution is -0.165. The Morgan fingerprint density at radius 2 is 1.59 bits per heavy atom. The van der Waals surface area contributed by atoms with Gasteiger partial charge in [0.15, 0.2) is 5.78 Å². The van der Waals surface area contributed by atoms with E-state index < -0.39 is 23.8 Å². The van der Waals surface area contributed by atoms with Crippen LogP contribution in [0.3, 0.4) is 0 Å². The topological polar surface area (TPSA) is 74.8 Å². The molecule has 0 bridgehead atoms. The molecule has 2 aromatic carbocycles. The van der Waals surface area contributed by atoms with Crippen LogP contribution in [0.2, 0.25) is 5.02 Å². The molecule has 1 heterocycles. The molecule has 1 aliphatic heterocycles. The molecule has 1 aliphatic rings. The van der Waals surface area contributed by atoms with Crippen LogP contribution in [-0.4, -0.2) is 39.6 Å². The normalized spacial score (nSPS) is 15.2. The van der Waals surface area contributed by atoms with Crippen LogP contribution in [-0.2, 0) is 9.59 Å². The van der Waals surface area contributed by atoms with E-state index in [9.17, 15) is 19.2 Å². The molecule has 7 heteroatoms. The molecule has 150 valence electrons. The minimum absolute atomic E-state index is 0.125. The Hall–Kier alpha value is -2.99. The molecule has 0 saturated carbocycles. The first-order chi connectivity index (χ1) is 14.0. The van der Waals surface area contributed by atoms with Crippen molar-refractivity contribution >= 4 is 35.1 Å². The van der Waals surface area contributed by atoms with Gasteiger partial charge in [-0.2, -0.15) is 5.01 Å². The average molecular weight is 413 g/mol. The van der Waals surface area contributed by atoms with Gasteiger partial charge in [-0.3, -0.25) is 19.2 Å². The number of Topliss-reactive ketones (excluding diaryl/α,β-unsaturated/α-hetero) is 1. The zero-order valence-corrected chi connectivity index (χ0v) is 16.8. The molecule has 6 nitrogen and oxygen atoms in total. The van der Waals surface area contributed by atoms with E-state index >= 15 is 0 Å². The Labute approximate surface area is 174 Å². The summed E-state index contributed by atoms with van der Waals surface area (Å²) in [5, 5.41) is 2.02. The molecule has 3 rings (SSSR count). The number of carbonyl (C=O) groups is 4. The highest BCUT2D eigenvalue weighted by Crippen LogP contribution is 2.26. The van der Waals surface area contributed by atoms with Crippen LogP contribution < -0.4 is 0 Å². The molecule has 0 spiro atoms. The summed E-state index contributed by atoms with van der Waals surface area (Å²) >= 11 is 6.20. The van der Waals surface area contributed by atoms with Gasteiger partial charge in [0, 0.05) is 18.4 Å². The van der Waals surface area contributed by atoms with Gasteiger partial charge in [0.25, 0.3) is 5.91 Å². The van der Waals surface area contributed by atoms with Crippen molar-refractivity contribution in [3.05, 3.63) is 70.7 Å². The van der Waals surface area contributed by atoms with Crippen molar-refractivity contribution in [3.8, 4) is 0 Å². The summed E-state index contributed by atoms with van der Waals surface area (Å²) in [5.74, 6) is -2.00. The molecular formula is C22H21ClN2O4. The molecule has 1 atom stereocenters.